The molecule has 0 fully saturated rings. The van der Waals surface area contributed by atoms with Gasteiger partial charge in [-0.2, -0.15) is 0 Å². The van der Waals surface area contributed by atoms with Crippen molar-refractivity contribution in [1.82, 2.24) is 9.97 Å². The van der Waals surface area contributed by atoms with Crippen LogP contribution in [-0.4, -0.2) is 9.97 Å². The van der Waals surface area contributed by atoms with Gasteiger partial charge in [0.25, 0.3) is 0 Å². The number of pyridine rings is 2. The van der Waals surface area contributed by atoms with Crippen molar-refractivity contribution >= 4 is 32.4 Å². The van der Waals surface area contributed by atoms with Crippen LogP contribution in [0, 0.1) is 5.82 Å². The van der Waals surface area contributed by atoms with Crippen molar-refractivity contribution in [3.63, 3.8) is 0 Å². The quantitative estimate of drug-likeness (QED) is 0.238. The average molecular weight is 477 g/mol. The van der Waals surface area contributed by atoms with E-state index in [2.05, 4.69) is 83.8 Å². The van der Waals surface area contributed by atoms with Gasteiger partial charge in [0.05, 0.1) is 11.2 Å². The molecular formula is C34H21FN2. The Morgan fingerprint density at radius 2 is 1.11 bits per heavy atom. The van der Waals surface area contributed by atoms with Crippen molar-refractivity contribution in [2.75, 3.05) is 0 Å². The van der Waals surface area contributed by atoms with Crippen molar-refractivity contribution in [2.45, 2.75) is 0 Å². The van der Waals surface area contributed by atoms with Crippen LogP contribution >= 0.6 is 0 Å². The topological polar surface area (TPSA) is 25.8 Å². The highest BCUT2D eigenvalue weighted by atomic mass is 19.1. The minimum atomic E-state index is -0.253. The molecule has 0 radical (unpaired) electrons. The largest absolute Gasteiger partial charge is 0.265 e. The third-order valence-corrected chi connectivity index (χ3v) is 7.03. The number of nitrogens with zero attached hydrogens (tertiary/aromatic N) is 2. The van der Waals surface area contributed by atoms with Crippen LogP contribution in [-0.2, 0) is 0 Å². The molecule has 0 N–H and O–H groups in total. The summed E-state index contributed by atoms with van der Waals surface area (Å²) < 4.78 is 13.7. The van der Waals surface area contributed by atoms with Crippen molar-refractivity contribution in [3.05, 3.63) is 133 Å². The van der Waals surface area contributed by atoms with E-state index < -0.39 is 0 Å². The molecule has 174 valence electrons. The van der Waals surface area contributed by atoms with Crippen LogP contribution in [0.15, 0.2) is 128 Å². The Balaban J connectivity index is 1.45. The van der Waals surface area contributed by atoms with E-state index in [1.54, 1.807) is 12.1 Å². The Kier molecular flexibility index (Phi) is 5.00. The third kappa shape index (κ3) is 3.73. The van der Waals surface area contributed by atoms with E-state index in [9.17, 15) is 4.39 Å². The third-order valence-electron chi connectivity index (χ3n) is 7.03. The Bertz CT molecular complexity index is 1910. The van der Waals surface area contributed by atoms with Gasteiger partial charge in [-0.15, -0.1) is 0 Å². The predicted molar refractivity (Wildman–Crippen MR) is 151 cm³/mol. The van der Waals surface area contributed by atoms with Gasteiger partial charge in [-0.3, -0.25) is 4.98 Å². The Hall–Kier alpha value is -4.89. The summed E-state index contributed by atoms with van der Waals surface area (Å²) in [4.78, 5) is 9.25. The number of fused-ring (bicyclic) bond motifs is 5. The smallest absolute Gasteiger partial charge is 0.123 e. The van der Waals surface area contributed by atoms with Gasteiger partial charge in [0.1, 0.15) is 5.82 Å². The number of hydrogen-bond acceptors (Lipinski definition) is 2. The molecule has 7 rings (SSSR count). The van der Waals surface area contributed by atoms with Crippen LogP contribution in [0.3, 0.4) is 0 Å². The monoisotopic (exact) mass is 476 g/mol. The summed E-state index contributed by atoms with van der Waals surface area (Å²) >= 11 is 0. The first-order valence-corrected chi connectivity index (χ1v) is 12.3. The predicted octanol–water partition coefficient (Wildman–Crippen LogP) is 9.08. The van der Waals surface area contributed by atoms with E-state index in [1.807, 2.05) is 24.5 Å². The fraction of sp³-hybridized carbons (Fsp3) is 0. The van der Waals surface area contributed by atoms with E-state index in [0.29, 0.717) is 0 Å². The fourth-order valence-electron chi connectivity index (χ4n) is 5.18. The number of benzene rings is 5. The Morgan fingerprint density at radius 1 is 0.486 bits per heavy atom. The highest BCUT2D eigenvalue weighted by Gasteiger charge is 2.14. The highest BCUT2D eigenvalue weighted by molar-refractivity contribution is 6.22. The van der Waals surface area contributed by atoms with Crippen LogP contribution in [0.4, 0.5) is 4.39 Å². The molecule has 0 atom stereocenters. The molecule has 0 aliphatic heterocycles. The second-order valence-corrected chi connectivity index (χ2v) is 9.22. The molecule has 0 spiro atoms. The average Bonchev–Trinajstić information content (AvgIpc) is 2.97. The van der Waals surface area contributed by atoms with E-state index in [1.165, 1.54) is 28.3 Å². The first-order chi connectivity index (χ1) is 18.2. The van der Waals surface area contributed by atoms with Gasteiger partial charge in [-0.1, -0.05) is 72.8 Å². The van der Waals surface area contributed by atoms with Crippen LogP contribution in [0.25, 0.3) is 66.0 Å². The lowest BCUT2D eigenvalue weighted by molar-refractivity contribution is 0.628. The van der Waals surface area contributed by atoms with Crippen LogP contribution in [0.1, 0.15) is 0 Å². The SMILES string of the molecule is Fc1ccc(-c2nc3cc(-c4ccc(-c5ccncc5)cc4)ccc3c3c2ccc2ccccc23)cc1. The van der Waals surface area contributed by atoms with Gasteiger partial charge >= 0.3 is 0 Å². The number of aromatic nitrogens is 2. The first-order valence-electron chi connectivity index (χ1n) is 12.3. The lowest BCUT2D eigenvalue weighted by Crippen LogP contribution is -1.92. The molecule has 0 amide bonds. The maximum absolute atomic E-state index is 13.7. The fourth-order valence-corrected chi connectivity index (χ4v) is 5.18. The van der Waals surface area contributed by atoms with E-state index in [4.69, 9.17) is 4.98 Å². The summed E-state index contributed by atoms with van der Waals surface area (Å²) in [6.45, 7) is 0. The molecule has 0 saturated heterocycles. The van der Waals surface area contributed by atoms with Crippen molar-refractivity contribution < 1.29 is 4.39 Å². The minimum absolute atomic E-state index is 0.253. The molecule has 0 aliphatic rings. The van der Waals surface area contributed by atoms with Crippen molar-refractivity contribution in [1.29, 1.82) is 0 Å². The molecular weight excluding hydrogens is 455 g/mol. The number of halogens is 1. The normalized spacial score (nSPS) is 11.4. The van der Waals surface area contributed by atoms with E-state index in [-0.39, 0.29) is 5.82 Å². The zero-order valence-corrected chi connectivity index (χ0v) is 19.9. The maximum atomic E-state index is 13.7. The molecule has 3 heteroatoms. The van der Waals surface area contributed by atoms with Gasteiger partial charge in [-0.05, 0) is 75.5 Å². The van der Waals surface area contributed by atoms with Crippen LogP contribution in [0.2, 0.25) is 0 Å². The lowest BCUT2D eigenvalue weighted by Gasteiger charge is -2.14. The van der Waals surface area contributed by atoms with E-state index >= 15 is 0 Å². The summed E-state index contributed by atoms with van der Waals surface area (Å²) in [5.74, 6) is -0.253. The Labute approximate surface area is 213 Å². The van der Waals surface area contributed by atoms with Crippen LogP contribution in [0.5, 0.6) is 0 Å². The standard InChI is InChI=1S/C34H21FN2/c35-28-13-9-26(10-14-28)34-31-16-11-25-3-1-2-4-29(25)33(31)30-15-12-27(21-32(30)37-34)23-7-5-22(6-8-23)24-17-19-36-20-18-24/h1-21H. The van der Waals surface area contributed by atoms with E-state index in [0.717, 1.165) is 49.8 Å². The Morgan fingerprint density at radius 3 is 1.89 bits per heavy atom. The molecule has 0 unspecified atom stereocenters. The second kappa shape index (κ2) is 8.65. The van der Waals surface area contributed by atoms with Gasteiger partial charge in [0, 0.05) is 34.1 Å². The van der Waals surface area contributed by atoms with Crippen molar-refractivity contribution in [2.24, 2.45) is 0 Å². The van der Waals surface area contributed by atoms with Gasteiger partial charge in [-0.25, -0.2) is 9.37 Å². The molecule has 0 saturated carbocycles. The summed E-state index contributed by atoms with van der Waals surface area (Å²) in [5, 5.41) is 5.71. The van der Waals surface area contributed by atoms with Gasteiger partial charge in [0.15, 0.2) is 0 Å². The maximum Gasteiger partial charge on any atom is 0.123 e. The zero-order valence-electron chi connectivity index (χ0n) is 19.9. The lowest BCUT2D eigenvalue weighted by atomic mass is 9.93. The second-order valence-electron chi connectivity index (χ2n) is 9.22. The summed E-state index contributed by atoms with van der Waals surface area (Å²) in [6, 6.07) is 38.4. The van der Waals surface area contributed by atoms with Gasteiger partial charge in [0.2, 0.25) is 0 Å². The summed E-state index contributed by atoms with van der Waals surface area (Å²) in [6.07, 6.45) is 3.62. The molecule has 2 nitrogen and oxygen atoms in total. The first kappa shape index (κ1) is 21.4. The number of hydrogen-bond donors (Lipinski definition) is 0. The number of rotatable bonds is 3. The molecule has 7 aromatic rings. The minimum Gasteiger partial charge on any atom is -0.265 e. The molecule has 5 aromatic carbocycles. The van der Waals surface area contributed by atoms with Crippen molar-refractivity contribution in [3.8, 4) is 33.5 Å². The summed E-state index contributed by atoms with van der Waals surface area (Å²) in [7, 11) is 0. The molecule has 0 aliphatic carbocycles. The molecule has 2 heterocycles. The highest BCUT2D eigenvalue weighted by Crippen LogP contribution is 2.38. The molecule has 0 bridgehead atoms. The molecule has 2 aromatic heterocycles. The van der Waals surface area contributed by atoms with Gasteiger partial charge < -0.3 is 0 Å². The van der Waals surface area contributed by atoms with Crippen LogP contribution < -0.4 is 0 Å². The molecule has 37 heavy (non-hydrogen) atoms. The zero-order chi connectivity index (χ0) is 24.8. The summed E-state index contributed by atoms with van der Waals surface area (Å²) in [5.41, 5.74) is 7.20.